The van der Waals surface area contributed by atoms with Crippen molar-refractivity contribution in [2.75, 3.05) is 19.9 Å². The van der Waals surface area contributed by atoms with Crippen LogP contribution in [0.4, 0.5) is 0 Å². The molecule has 3 nitrogen and oxygen atoms in total. The van der Waals surface area contributed by atoms with Crippen molar-refractivity contribution in [3.05, 3.63) is 0 Å². The first kappa shape index (κ1) is 12.0. The Bertz CT molecular complexity index is 144. The van der Waals surface area contributed by atoms with Crippen molar-refractivity contribution in [2.45, 2.75) is 45.8 Å². The summed E-state index contributed by atoms with van der Waals surface area (Å²) in [5.74, 6) is 0.694. The van der Waals surface area contributed by atoms with Gasteiger partial charge in [0.15, 0.2) is 0 Å². The van der Waals surface area contributed by atoms with Gasteiger partial charge in [0.2, 0.25) is 0 Å². The molecule has 0 saturated carbocycles. The van der Waals surface area contributed by atoms with Crippen LogP contribution in [0, 0.1) is 5.92 Å². The summed E-state index contributed by atoms with van der Waals surface area (Å²) in [4.78, 5) is 0. The quantitative estimate of drug-likeness (QED) is 0.735. The molecule has 0 bridgehead atoms. The van der Waals surface area contributed by atoms with Gasteiger partial charge in [-0.15, -0.1) is 0 Å². The second-order valence-electron chi connectivity index (χ2n) is 4.27. The normalized spacial score (nSPS) is 25.3. The molecule has 0 amide bonds. The van der Waals surface area contributed by atoms with Crippen molar-refractivity contribution in [1.29, 1.82) is 0 Å². The number of hydrogen-bond acceptors (Lipinski definition) is 3. The summed E-state index contributed by atoms with van der Waals surface area (Å²) >= 11 is 0. The van der Waals surface area contributed by atoms with Gasteiger partial charge in [0.1, 0.15) is 6.79 Å². The van der Waals surface area contributed by atoms with E-state index in [9.17, 15) is 0 Å². The van der Waals surface area contributed by atoms with E-state index in [0.717, 1.165) is 19.6 Å². The molecule has 1 aliphatic rings. The van der Waals surface area contributed by atoms with Gasteiger partial charge < -0.3 is 14.8 Å². The van der Waals surface area contributed by atoms with Crippen LogP contribution in [-0.4, -0.2) is 32.1 Å². The third-order valence-electron chi connectivity index (χ3n) is 2.82. The van der Waals surface area contributed by atoms with E-state index in [0.29, 0.717) is 24.9 Å². The highest BCUT2D eigenvalue weighted by molar-refractivity contribution is 4.72. The fourth-order valence-electron chi connectivity index (χ4n) is 1.80. The van der Waals surface area contributed by atoms with Crippen molar-refractivity contribution in [3.63, 3.8) is 0 Å². The van der Waals surface area contributed by atoms with Gasteiger partial charge in [0.25, 0.3) is 0 Å². The molecule has 1 rings (SSSR count). The van der Waals surface area contributed by atoms with Crippen LogP contribution in [0.25, 0.3) is 0 Å². The smallest absolute Gasteiger partial charge is 0.147 e. The summed E-state index contributed by atoms with van der Waals surface area (Å²) < 4.78 is 10.6. The number of hydrogen-bond donors (Lipinski definition) is 1. The van der Waals surface area contributed by atoms with E-state index in [4.69, 9.17) is 9.47 Å². The Balaban J connectivity index is 2.16. The third kappa shape index (κ3) is 3.95. The lowest BCUT2D eigenvalue weighted by molar-refractivity contribution is -0.137. The largest absolute Gasteiger partial charge is 0.355 e. The van der Waals surface area contributed by atoms with Crippen molar-refractivity contribution >= 4 is 0 Å². The molecule has 14 heavy (non-hydrogen) atoms. The second kappa shape index (κ2) is 6.38. The molecule has 1 N–H and O–H groups in total. The third-order valence-corrected chi connectivity index (χ3v) is 2.82. The Morgan fingerprint density at radius 1 is 1.43 bits per heavy atom. The molecular formula is C11H23NO2. The van der Waals surface area contributed by atoms with Crippen molar-refractivity contribution in [2.24, 2.45) is 5.92 Å². The molecule has 0 aromatic heterocycles. The number of ether oxygens (including phenoxy) is 2. The summed E-state index contributed by atoms with van der Waals surface area (Å²) in [6.07, 6.45) is 2.54. The highest BCUT2D eigenvalue weighted by Crippen LogP contribution is 2.08. The van der Waals surface area contributed by atoms with E-state index in [2.05, 4.69) is 26.1 Å². The van der Waals surface area contributed by atoms with Crippen LogP contribution in [0.2, 0.25) is 0 Å². The van der Waals surface area contributed by atoms with Crippen molar-refractivity contribution in [1.82, 2.24) is 5.32 Å². The molecule has 1 aliphatic heterocycles. The molecule has 1 fully saturated rings. The fourth-order valence-corrected chi connectivity index (χ4v) is 1.80. The number of rotatable bonds is 5. The predicted octanol–water partition coefficient (Wildman–Crippen LogP) is 1.77. The van der Waals surface area contributed by atoms with Crippen LogP contribution >= 0.6 is 0 Å². The molecule has 84 valence electrons. The Morgan fingerprint density at radius 3 is 2.71 bits per heavy atom. The Labute approximate surface area is 87.2 Å². The lowest BCUT2D eigenvalue weighted by Crippen LogP contribution is -2.41. The van der Waals surface area contributed by atoms with Gasteiger partial charge in [-0.1, -0.05) is 20.8 Å². The lowest BCUT2D eigenvalue weighted by atomic mass is 10.0. The first-order valence-corrected chi connectivity index (χ1v) is 5.66. The standard InChI is InChI=1S/C11H23NO2/c1-4-11(9(2)3)12-7-10-5-6-13-8-14-10/h9-12H,4-8H2,1-3H3. The second-order valence-corrected chi connectivity index (χ2v) is 4.27. The lowest BCUT2D eigenvalue weighted by Gasteiger charge is -2.27. The molecule has 2 unspecified atom stereocenters. The summed E-state index contributed by atoms with van der Waals surface area (Å²) in [6, 6.07) is 0.612. The van der Waals surface area contributed by atoms with E-state index < -0.39 is 0 Å². The first-order chi connectivity index (χ1) is 6.74. The van der Waals surface area contributed by atoms with E-state index in [1.165, 1.54) is 6.42 Å². The summed E-state index contributed by atoms with van der Waals surface area (Å²) in [7, 11) is 0. The zero-order valence-electron chi connectivity index (χ0n) is 9.58. The molecule has 0 aromatic rings. The predicted molar refractivity (Wildman–Crippen MR) is 57.2 cm³/mol. The maximum atomic E-state index is 5.47. The van der Waals surface area contributed by atoms with E-state index in [1.807, 2.05) is 0 Å². The molecule has 0 aliphatic carbocycles. The molecule has 1 heterocycles. The Hall–Kier alpha value is -0.120. The maximum Gasteiger partial charge on any atom is 0.147 e. The van der Waals surface area contributed by atoms with Gasteiger partial charge in [-0.05, 0) is 18.8 Å². The Kier molecular flexibility index (Phi) is 5.45. The highest BCUT2D eigenvalue weighted by Gasteiger charge is 2.16. The van der Waals surface area contributed by atoms with Crippen LogP contribution in [-0.2, 0) is 9.47 Å². The van der Waals surface area contributed by atoms with Gasteiger partial charge in [-0.25, -0.2) is 0 Å². The van der Waals surface area contributed by atoms with Gasteiger partial charge in [-0.2, -0.15) is 0 Å². The molecule has 0 spiro atoms. The highest BCUT2D eigenvalue weighted by atomic mass is 16.7. The minimum Gasteiger partial charge on any atom is -0.355 e. The van der Waals surface area contributed by atoms with Crippen molar-refractivity contribution in [3.8, 4) is 0 Å². The van der Waals surface area contributed by atoms with Crippen LogP contribution in [0.3, 0.4) is 0 Å². The topological polar surface area (TPSA) is 30.5 Å². The molecule has 0 aromatic carbocycles. The number of nitrogens with one attached hydrogen (secondary N) is 1. The molecule has 0 radical (unpaired) electrons. The SMILES string of the molecule is CCC(NCC1CCOCO1)C(C)C. The zero-order valence-corrected chi connectivity index (χ0v) is 9.58. The van der Waals surface area contributed by atoms with Crippen LogP contribution in [0.1, 0.15) is 33.6 Å². The van der Waals surface area contributed by atoms with Crippen LogP contribution in [0.15, 0.2) is 0 Å². The summed E-state index contributed by atoms with van der Waals surface area (Å²) in [5.41, 5.74) is 0. The van der Waals surface area contributed by atoms with Gasteiger partial charge in [0.05, 0.1) is 12.7 Å². The van der Waals surface area contributed by atoms with Crippen molar-refractivity contribution < 1.29 is 9.47 Å². The van der Waals surface area contributed by atoms with Gasteiger partial charge in [-0.3, -0.25) is 0 Å². The summed E-state index contributed by atoms with van der Waals surface area (Å²) in [5, 5.41) is 3.56. The average molecular weight is 201 g/mol. The van der Waals surface area contributed by atoms with Crippen LogP contribution < -0.4 is 5.32 Å². The summed E-state index contributed by atoms with van der Waals surface area (Å²) in [6.45, 7) is 9.00. The maximum absolute atomic E-state index is 5.47. The molecule has 2 atom stereocenters. The first-order valence-electron chi connectivity index (χ1n) is 5.66. The fraction of sp³-hybridized carbons (Fsp3) is 1.00. The molecular weight excluding hydrogens is 178 g/mol. The minimum absolute atomic E-state index is 0.344. The molecule has 1 saturated heterocycles. The zero-order chi connectivity index (χ0) is 10.4. The average Bonchev–Trinajstić information content (AvgIpc) is 2.20. The van der Waals surface area contributed by atoms with Gasteiger partial charge >= 0.3 is 0 Å². The minimum atomic E-state index is 0.344. The van der Waals surface area contributed by atoms with Gasteiger partial charge in [0, 0.05) is 12.6 Å². The molecule has 3 heteroatoms. The van der Waals surface area contributed by atoms with E-state index >= 15 is 0 Å². The van der Waals surface area contributed by atoms with Crippen LogP contribution in [0.5, 0.6) is 0 Å². The Morgan fingerprint density at radius 2 is 2.21 bits per heavy atom. The van der Waals surface area contributed by atoms with E-state index in [-0.39, 0.29) is 0 Å². The monoisotopic (exact) mass is 201 g/mol. The van der Waals surface area contributed by atoms with E-state index in [1.54, 1.807) is 0 Å².